The summed E-state index contributed by atoms with van der Waals surface area (Å²) in [6.45, 7) is 2.31. The molecule has 2 N–H and O–H groups in total. The predicted octanol–water partition coefficient (Wildman–Crippen LogP) is 1.94. The molecule has 1 aliphatic carbocycles. The highest BCUT2D eigenvalue weighted by Gasteiger charge is 2.22. The third-order valence-corrected chi connectivity index (χ3v) is 3.93. The first-order valence-electron chi connectivity index (χ1n) is 7.96. The van der Waals surface area contributed by atoms with Gasteiger partial charge in [-0.3, -0.25) is 4.79 Å². The second-order valence-electron chi connectivity index (χ2n) is 5.77. The van der Waals surface area contributed by atoms with Gasteiger partial charge in [-0.15, -0.1) is 0 Å². The molecule has 1 aromatic heterocycles. The topological polar surface area (TPSA) is 88.2 Å². The van der Waals surface area contributed by atoms with Crippen LogP contribution in [0.4, 0.5) is 0 Å². The summed E-state index contributed by atoms with van der Waals surface area (Å²) in [5.74, 6) is 1.66. The van der Waals surface area contributed by atoms with Gasteiger partial charge in [0.25, 0.3) is 0 Å². The van der Waals surface area contributed by atoms with E-state index in [9.17, 15) is 9.90 Å². The largest absolute Gasteiger partial charge is 0.391 e. The number of carbonyl (C=O) groups is 1. The van der Waals surface area contributed by atoms with Gasteiger partial charge in [0.15, 0.2) is 5.82 Å². The highest BCUT2D eigenvalue weighted by Crippen LogP contribution is 2.32. The Morgan fingerprint density at radius 3 is 2.95 bits per heavy atom. The van der Waals surface area contributed by atoms with Gasteiger partial charge >= 0.3 is 0 Å². The van der Waals surface area contributed by atoms with Gasteiger partial charge in [-0.1, -0.05) is 31.3 Å². The summed E-state index contributed by atoms with van der Waals surface area (Å²) in [7, 11) is 0. The number of carbonyl (C=O) groups excluding carboxylic acids is 1. The first kappa shape index (κ1) is 15.9. The molecule has 0 aromatic carbocycles. The van der Waals surface area contributed by atoms with Crippen molar-refractivity contribution in [3.63, 3.8) is 0 Å². The second-order valence-corrected chi connectivity index (χ2v) is 5.77. The van der Waals surface area contributed by atoms with E-state index in [1.54, 1.807) is 0 Å². The van der Waals surface area contributed by atoms with Gasteiger partial charge in [0.05, 0.1) is 6.10 Å². The highest BCUT2D eigenvalue weighted by atomic mass is 16.5. The summed E-state index contributed by atoms with van der Waals surface area (Å²) in [5.41, 5.74) is 0. The molecule has 1 unspecified atom stereocenters. The van der Waals surface area contributed by atoms with E-state index in [2.05, 4.69) is 15.5 Å². The lowest BCUT2D eigenvalue weighted by molar-refractivity contribution is -0.121. The first-order chi connectivity index (χ1) is 10.2. The highest BCUT2D eigenvalue weighted by molar-refractivity contribution is 5.76. The van der Waals surface area contributed by atoms with Crippen molar-refractivity contribution in [2.75, 3.05) is 6.54 Å². The summed E-state index contributed by atoms with van der Waals surface area (Å²) in [6.07, 6.45) is 6.65. The van der Waals surface area contributed by atoms with Crippen LogP contribution in [0.15, 0.2) is 4.52 Å². The van der Waals surface area contributed by atoms with Crippen molar-refractivity contribution in [2.45, 2.75) is 70.3 Å². The molecule has 21 heavy (non-hydrogen) atoms. The molecule has 0 bridgehead atoms. The molecule has 0 saturated heterocycles. The van der Waals surface area contributed by atoms with Gasteiger partial charge in [0.1, 0.15) is 0 Å². The SMILES string of the molecule is CCCC(O)CNC(=O)CCc1nc(C2CCCC2)no1. The van der Waals surface area contributed by atoms with E-state index in [0.29, 0.717) is 37.6 Å². The molecule has 6 nitrogen and oxygen atoms in total. The molecule has 1 aromatic rings. The second kappa shape index (κ2) is 8.12. The zero-order chi connectivity index (χ0) is 15.1. The number of aliphatic hydroxyl groups is 1. The van der Waals surface area contributed by atoms with E-state index >= 15 is 0 Å². The molecule has 1 atom stereocenters. The summed E-state index contributed by atoms with van der Waals surface area (Å²) in [6, 6.07) is 0. The summed E-state index contributed by atoms with van der Waals surface area (Å²) < 4.78 is 5.20. The Kier molecular flexibility index (Phi) is 6.17. The van der Waals surface area contributed by atoms with Crippen molar-refractivity contribution in [3.8, 4) is 0 Å². The quantitative estimate of drug-likeness (QED) is 0.765. The number of hydrogen-bond acceptors (Lipinski definition) is 5. The normalized spacial score (nSPS) is 17.0. The average Bonchev–Trinajstić information content (AvgIpc) is 3.13. The summed E-state index contributed by atoms with van der Waals surface area (Å²) >= 11 is 0. The van der Waals surface area contributed by atoms with Crippen molar-refractivity contribution in [1.82, 2.24) is 15.5 Å². The third kappa shape index (κ3) is 5.12. The number of aliphatic hydroxyl groups excluding tert-OH is 1. The minimum absolute atomic E-state index is 0.0919. The molecule has 0 radical (unpaired) electrons. The van der Waals surface area contributed by atoms with Gasteiger partial charge in [-0.25, -0.2) is 0 Å². The van der Waals surface area contributed by atoms with Crippen molar-refractivity contribution in [3.05, 3.63) is 11.7 Å². The number of hydrogen-bond donors (Lipinski definition) is 2. The van der Waals surface area contributed by atoms with Crippen LogP contribution in [-0.4, -0.2) is 33.8 Å². The minimum Gasteiger partial charge on any atom is -0.391 e. The minimum atomic E-state index is -0.462. The number of aromatic nitrogens is 2. The van der Waals surface area contributed by atoms with Crippen LogP contribution in [0.1, 0.15) is 69.5 Å². The van der Waals surface area contributed by atoms with Gasteiger partial charge in [-0.05, 0) is 19.3 Å². The number of nitrogens with one attached hydrogen (secondary N) is 1. The third-order valence-electron chi connectivity index (χ3n) is 3.93. The summed E-state index contributed by atoms with van der Waals surface area (Å²) in [5, 5.41) is 16.3. The maximum atomic E-state index is 11.7. The number of rotatable bonds is 8. The Hall–Kier alpha value is -1.43. The fourth-order valence-electron chi connectivity index (χ4n) is 2.70. The van der Waals surface area contributed by atoms with Crippen molar-refractivity contribution < 1.29 is 14.4 Å². The van der Waals surface area contributed by atoms with Crippen LogP contribution in [0.2, 0.25) is 0 Å². The Morgan fingerprint density at radius 2 is 2.24 bits per heavy atom. The van der Waals surface area contributed by atoms with E-state index in [-0.39, 0.29) is 5.91 Å². The lowest BCUT2D eigenvalue weighted by Crippen LogP contribution is -2.32. The van der Waals surface area contributed by atoms with Crippen LogP contribution in [-0.2, 0) is 11.2 Å². The molecule has 2 rings (SSSR count). The van der Waals surface area contributed by atoms with E-state index in [1.165, 1.54) is 12.8 Å². The van der Waals surface area contributed by atoms with Gasteiger partial charge in [0.2, 0.25) is 11.8 Å². The Balaban J connectivity index is 1.69. The predicted molar refractivity (Wildman–Crippen MR) is 77.8 cm³/mol. The zero-order valence-corrected chi connectivity index (χ0v) is 12.7. The molecule has 1 aliphatic rings. The smallest absolute Gasteiger partial charge is 0.227 e. The maximum Gasteiger partial charge on any atom is 0.227 e. The van der Waals surface area contributed by atoms with Gasteiger partial charge < -0.3 is 14.9 Å². The standard InChI is InChI=1S/C15H25N3O3/c1-2-5-12(19)10-16-13(20)8-9-14-17-15(18-21-14)11-6-3-4-7-11/h11-12,19H,2-10H2,1H3,(H,16,20). The van der Waals surface area contributed by atoms with Crippen LogP contribution in [0.5, 0.6) is 0 Å². The fraction of sp³-hybridized carbons (Fsp3) is 0.800. The Labute approximate surface area is 125 Å². The maximum absolute atomic E-state index is 11.7. The lowest BCUT2D eigenvalue weighted by atomic mass is 10.1. The van der Waals surface area contributed by atoms with Crippen LogP contribution >= 0.6 is 0 Å². The zero-order valence-electron chi connectivity index (χ0n) is 12.7. The number of nitrogens with zero attached hydrogens (tertiary/aromatic N) is 2. The summed E-state index contributed by atoms with van der Waals surface area (Å²) in [4.78, 5) is 16.1. The van der Waals surface area contributed by atoms with E-state index < -0.39 is 6.10 Å². The first-order valence-corrected chi connectivity index (χ1v) is 7.96. The van der Waals surface area contributed by atoms with Gasteiger partial charge in [0, 0.05) is 25.3 Å². The van der Waals surface area contributed by atoms with E-state index in [4.69, 9.17) is 4.52 Å². The Bertz CT molecular complexity index is 441. The van der Waals surface area contributed by atoms with Crippen LogP contribution in [0.3, 0.4) is 0 Å². The molecule has 118 valence electrons. The van der Waals surface area contributed by atoms with Crippen molar-refractivity contribution in [1.29, 1.82) is 0 Å². The molecular formula is C15H25N3O3. The van der Waals surface area contributed by atoms with E-state index in [0.717, 1.165) is 25.1 Å². The molecule has 1 heterocycles. The van der Waals surface area contributed by atoms with Crippen LogP contribution < -0.4 is 5.32 Å². The molecule has 6 heteroatoms. The fourth-order valence-corrected chi connectivity index (χ4v) is 2.70. The molecule has 1 fully saturated rings. The number of amides is 1. The Morgan fingerprint density at radius 1 is 1.48 bits per heavy atom. The van der Waals surface area contributed by atoms with Crippen molar-refractivity contribution in [2.24, 2.45) is 0 Å². The molecular weight excluding hydrogens is 270 g/mol. The van der Waals surface area contributed by atoms with Crippen LogP contribution in [0.25, 0.3) is 0 Å². The molecule has 1 saturated carbocycles. The van der Waals surface area contributed by atoms with E-state index in [1.807, 2.05) is 6.92 Å². The van der Waals surface area contributed by atoms with Crippen LogP contribution in [0, 0.1) is 0 Å². The van der Waals surface area contributed by atoms with Crippen molar-refractivity contribution >= 4 is 5.91 Å². The lowest BCUT2D eigenvalue weighted by Gasteiger charge is -2.09. The molecule has 1 amide bonds. The molecule has 0 spiro atoms. The molecule has 0 aliphatic heterocycles. The monoisotopic (exact) mass is 295 g/mol. The van der Waals surface area contributed by atoms with Gasteiger partial charge in [-0.2, -0.15) is 4.98 Å². The number of aryl methyl sites for hydroxylation is 1. The average molecular weight is 295 g/mol.